The highest BCUT2D eigenvalue weighted by Crippen LogP contribution is 2.11. The number of anilines is 2. The van der Waals surface area contributed by atoms with E-state index in [-0.39, 0.29) is 11.8 Å². The fourth-order valence-electron chi connectivity index (χ4n) is 3.48. The van der Waals surface area contributed by atoms with Gasteiger partial charge in [0.05, 0.1) is 26.2 Å². The molecular formula is C21H29N6O2+. The Bertz CT molecular complexity index is 800. The predicted molar refractivity (Wildman–Crippen MR) is 112 cm³/mol. The Hall–Kier alpha value is -3.00. The second-order valence-electron chi connectivity index (χ2n) is 7.07. The van der Waals surface area contributed by atoms with Crippen molar-refractivity contribution in [3.63, 3.8) is 0 Å². The molecule has 1 aliphatic rings. The third-order valence-corrected chi connectivity index (χ3v) is 5.18. The van der Waals surface area contributed by atoms with Gasteiger partial charge in [0.2, 0.25) is 5.95 Å². The number of rotatable bonds is 7. The van der Waals surface area contributed by atoms with Crippen molar-refractivity contribution in [3.05, 3.63) is 48.3 Å². The number of hydrogen-bond acceptors (Lipinski definition) is 5. The molecule has 0 spiro atoms. The molecule has 1 aromatic heterocycles. The number of benzene rings is 1. The van der Waals surface area contributed by atoms with Crippen LogP contribution in [0, 0.1) is 0 Å². The molecule has 8 heteroatoms. The molecule has 0 bridgehead atoms. The Labute approximate surface area is 171 Å². The van der Waals surface area contributed by atoms with E-state index in [9.17, 15) is 9.59 Å². The van der Waals surface area contributed by atoms with Crippen molar-refractivity contribution >= 4 is 23.5 Å². The van der Waals surface area contributed by atoms with Gasteiger partial charge in [0.15, 0.2) is 6.54 Å². The van der Waals surface area contributed by atoms with E-state index in [0.29, 0.717) is 30.9 Å². The number of nitrogens with zero attached hydrogens (tertiary/aromatic N) is 4. The molecule has 0 aliphatic carbocycles. The van der Waals surface area contributed by atoms with Gasteiger partial charge in [-0.05, 0) is 44.2 Å². The average molecular weight is 398 g/mol. The topological polar surface area (TPSA) is 82.9 Å². The van der Waals surface area contributed by atoms with Gasteiger partial charge < -0.3 is 20.0 Å². The van der Waals surface area contributed by atoms with Crippen LogP contribution in [0.15, 0.2) is 42.7 Å². The van der Waals surface area contributed by atoms with Crippen LogP contribution >= 0.6 is 0 Å². The maximum Gasteiger partial charge on any atom is 0.279 e. The Kier molecular flexibility index (Phi) is 7.13. The van der Waals surface area contributed by atoms with Crippen LogP contribution in [-0.2, 0) is 4.79 Å². The van der Waals surface area contributed by atoms with E-state index in [1.807, 2.05) is 13.8 Å². The number of hydrogen-bond donors (Lipinski definition) is 2. The summed E-state index contributed by atoms with van der Waals surface area (Å²) in [6, 6.07) is 8.91. The molecule has 2 amide bonds. The van der Waals surface area contributed by atoms with E-state index >= 15 is 0 Å². The molecule has 1 fully saturated rings. The molecule has 2 N–H and O–H groups in total. The Morgan fingerprint density at radius 2 is 1.69 bits per heavy atom. The zero-order valence-corrected chi connectivity index (χ0v) is 17.1. The standard InChI is InChI=1S/C21H28N6O2/c1-3-26(4-2)20(29)17-6-8-18(9-7-17)24-19(28)16-25-12-14-27(15-13-25)21-22-10-5-11-23-21/h5-11H,3-4,12-16H2,1-2H3,(H,24,28)/p+1. The van der Waals surface area contributed by atoms with E-state index in [4.69, 9.17) is 0 Å². The lowest BCUT2D eigenvalue weighted by atomic mass is 10.1. The first-order chi connectivity index (χ1) is 14.1. The van der Waals surface area contributed by atoms with Crippen LogP contribution in [0.5, 0.6) is 0 Å². The van der Waals surface area contributed by atoms with Crippen LogP contribution in [0.4, 0.5) is 11.6 Å². The molecule has 3 rings (SSSR count). The lowest BCUT2D eigenvalue weighted by Crippen LogP contribution is -3.15. The molecule has 1 aliphatic heterocycles. The van der Waals surface area contributed by atoms with Crippen molar-refractivity contribution in [2.24, 2.45) is 0 Å². The van der Waals surface area contributed by atoms with Gasteiger partial charge in [0, 0.05) is 36.7 Å². The van der Waals surface area contributed by atoms with Gasteiger partial charge in [0.25, 0.3) is 11.8 Å². The van der Waals surface area contributed by atoms with Gasteiger partial charge in [-0.1, -0.05) is 0 Å². The van der Waals surface area contributed by atoms with Crippen LogP contribution in [0.1, 0.15) is 24.2 Å². The molecule has 0 unspecified atom stereocenters. The summed E-state index contributed by atoms with van der Waals surface area (Å²) in [5.74, 6) is 0.736. The third kappa shape index (κ3) is 5.51. The number of aromatic nitrogens is 2. The summed E-state index contributed by atoms with van der Waals surface area (Å²) in [5.41, 5.74) is 1.35. The predicted octanol–water partition coefficient (Wildman–Crippen LogP) is 0.302. The van der Waals surface area contributed by atoms with Gasteiger partial charge >= 0.3 is 0 Å². The Balaban J connectivity index is 1.47. The number of carbonyl (C=O) groups excluding carboxylic acids is 2. The molecule has 1 saturated heterocycles. The molecule has 2 aromatic rings. The fraction of sp³-hybridized carbons (Fsp3) is 0.429. The third-order valence-electron chi connectivity index (χ3n) is 5.18. The maximum atomic E-state index is 12.4. The first-order valence-corrected chi connectivity index (χ1v) is 10.2. The Morgan fingerprint density at radius 1 is 1.07 bits per heavy atom. The first-order valence-electron chi connectivity index (χ1n) is 10.2. The van der Waals surface area contributed by atoms with E-state index in [1.165, 1.54) is 4.90 Å². The van der Waals surface area contributed by atoms with Crippen LogP contribution < -0.4 is 15.1 Å². The average Bonchev–Trinajstić information content (AvgIpc) is 2.76. The summed E-state index contributed by atoms with van der Waals surface area (Å²) in [5, 5.41) is 2.93. The monoisotopic (exact) mass is 397 g/mol. The quantitative estimate of drug-likeness (QED) is 0.702. The highest BCUT2D eigenvalue weighted by molar-refractivity contribution is 5.96. The minimum absolute atomic E-state index is 0.0117. The van der Waals surface area contributed by atoms with Crippen LogP contribution in [0.3, 0.4) is 0 Å². The fourth-order valence-corrected chi connectivity index (χ4v) is 3.48. The van der Waals surface area contributed by atoms with Crippen molar-refractivity contribution in [2.75, 3.05) is 56.0 Å². The zero-order valence-electron chi connectivity index (χ0n) is 17.1. The van der Waals surface area contributed by atoms with Crippen molar-refractivity contribution in [1.82, 2.24) is 14.9 Å². The molecule has 1 aromatic carbocycles. The Morgan fingerprint density at radius 3 is 2.28 bits per heavy atom. The number of amides is 2. The number of quaternary nitrogens is 1. The maximum absolute atomic E-state index is 12.4. The lowest BCUT2D eigenvalue weighted by Gasteiger charge is -2.31. The number of piperazine rings is 1. The van der Waals surface area contributed by atoms with Crippen molar-refractivity contribution in [3.8, 4) is 0 Å². The summed E-state index contributed by atoms with van der Waals surface area (Å²) in [6.07, 6.45) is 3.49. The molecule has 8 nitrogen and oxygen atoms in total. The van der Waals surface area contributed by atoms with Crippen molar-refractivity contribution in [1.29, 1.82) is 0 Å². The zero-order chi connectivity index (χ0) is 20.6. The molecule has 154 valence electrons. The molecule has 29 heavy (non-hydrogen) atoms. The van der Waals surface area contributed by atoms with Crippen LogP contribution in [0.25, 0.3) is 0 Å². The van der Waals surface area contributed by atoms with Gasteiger partial charge in [-0.2, -0.15) is 0 Å². The van der Waals surface area contributed by atoms with E-state index in [2.05, 4.69) is 20.2 Å². The van der Waals surface area contributed by atoms with Gasteiger partial charge in [-0.25, -0.2) is 9.97 Å². The molecule has 0 atom stereocenters. The van der Waals surface area contributed by atoms with E-state index in [0.717, 1.165) is 32.1 Å². The smallest absolute Gasteiger partial charge is 0.279 e. The van der Waals surface area contributed by atoms with Crippen molar-refractivity contribution in [2.45, 2.75) is 13.8 Å². The summed E-state index contributed by atoms with van der Waals surface area (Å²) < 4.78 is 0. The molecule has 0 saturated carbocycles. The number of nitrogens with one attached hydrogen (secondary N) is 2. The molecular weight excluding hydrogens is 368 g/mol. The normalized spacial score (nSPS) is 14.5. The van der Waals surface area contributed by atoms with Crippen LogP contribution in [-0.4, -0.2) is 72.5 Å². The highest BCUT2D eigenvalue weighted by Gasteiger charge is 2.23. The molecule has 2 heterocycles. The van der Waals surface area contributed by atoms with E-state index < -0.39 is 0 Å². The highest BCUT2D eigenvalue weighted by atomic mass is 16.2. The van der Waals surface area contributed by atoms with Crippen LogP contribution in [0.2, 0.25) is 0 Å². The van der Waals surface area contributed by atoms with E-state index in [1.54, 1.807) is 47.6 Å². The lowest BCUT2D eigenvalue weighted by molar-refractivity contribution is -0.892. The SMILES string of the molecule is CCN(CC)C(=O)c1ccc(NC(=O)C[NH+]2CCN(c3ncccn3)CC2)cc1. The summed E-state index contributed by atoms with van der Waals surface area (Å²) in [4.78, 5) is 38.5. The minimum Gasteiger partial charge on any atom is -0.339 e. The second-order valence-corrected chi connectivity index (χ2v) is 7.07. The van der Waals surface area contributed by atoms with Crippen molar-refractivity contribution < 1.29 is 14.5 Å². The summed E-state index contributed by atoms with van der Waals surface area (Å²) in [6.45, 7) is 9.09. The summed E-state index contributed by atoms with van der Waals surface area (Å²) in [7, 11) is 0. The van der Waals surface area contributed by atoms with Gasteiger partial charge in [0.1, 0.15) is 0 Å². The second kappa shape index (κ2) is 9.97. The summed E-state index contributed by atoms with van der Waals surface area (Å²) >= 11 is 0. The molecule has 0 radical (unpaired) electrons. The number of carbonyl (C=O) groups is 2. The largest absolute Gasteiger partial charge is 0.339 e. The van der Waals surface area contributed by atoms with Gasteiger partial charge in [-0.3, -0.25) is 9.59 Å². The minimum atomic E-state index is -0.0211. The van der Waals surface area contributed by atoms with Gasteiger partial charge in [-0.15, -0.1) is 0 Å². The first kappa shape index (κ1) is 20.7.